The number of fused-ring (bicyclic) bond motifs is 2. The van der Waals surface area contributed by atoms with Gasteiger partial charge in [0.05, 0.1) is 30.6 Å². The highest BCUT2D eigenvalue weighted by atomic mass is 16.5. The minimum Gasteiger partial charge on any atom is -0.497 e. The molecule has 3 heterocycles. The number of nitrogens with one attached hydrogen (secondary N) is 1. The zero-order chi connectivity index (χ0) is 19.8. The van der Waals surface area contributed by atoms with E-state index in [1.807, 2.05) is 44.2 Å². The van der Waals surface area contributed by atoms with Crippen molar-refractivity contribution >= 4 is 11.6 Å². The fraction of sp³-hybridized carbons (Fsp3) is 0.381. The fourth-order valence-corrected chi connectivity index (χ4v) is 3.57. The van der Waals surface area contributed by atoms with Crippen LogP contribution in [0.5, 0.6) is 5.75 Å². The topological polar surface area (TPSA) is 79.7 Å². The van der Waals surface area contributed by atoms with Crippen LogP contribution in [0.15, 0.2) is 35.1 Å². The number of H-pyrrole nitrogens is 1. The Hall–Kier alpha value is -3.09. The van der Waals surface area contributed by atoms with Crippen molar-refractivity contribution in [1.82, 2.24) is 19.5 Å². The number of ether oxygens (including phenoxy) is 1. The van der Waals surface area contributed by atoms with Crippen molar-refractivity contribution in [2.24, 2.45) is 5.92 Å². The van der Waals surface area contributed by atoms with Crippen LogP contribution in [-0.2, 0) is 17.8 Å². The predicted molar refractivity (Wildman–Crippen MR) is 106 cm³/mol. The van der Waals surface area contributed by atoms with Gasteiger partial charge in [-0.15, -0.1) is 0 Å². The van der Waals surface area contributed by atoms with Gasteiger partial charge in [-0.3, -0.25) is 14.7 Å². The summed E-state index contributed by atoms with van der Waals surface area (Å²) < 4.78 is 6.66. The molecule has 146 valence electrons. The summed E-state index contributed by atoms with van der Waals surface area (Å²) in [7, 11) is 1.63. The molecule has 2 aromatic heterocycles. The smallest absolute Gasteiger partial charge is 0.277 e. The lowest BCUT2D eigenvalue weighted by Gasteiger charge is -2.29. The van der Waals surface area contributed by atoms with E-state index < -0.39 is 0 Å². The molecular formula is C21H24N4O3. The zero-order valence-electron chi connectivity index (χ0n) is 16.4. The van der Waals surface area contributed by atoms with Gasteiger partial charge in [0.2, 0.25) is 5.91 Å². The SMILES string of the molecule is CCC(C)C(=O)N1CCc2nc3cc(-c4ccc(OC)cc4)[nH]n3c(=O)c2C1. The average Bonchev–Trinajstić information content (AvgIpc) is 3.17. The number of benzene rings is 1. The van der Waals surface area contributed by atoms with E-state index in [1.54, 1.807) is 12.0 Å². The van der Waals surface area contributed by atoms with Crippen molar-refractivity contribution in [1.29, 1.82) is 0 Å². The Kier molecular flexibility index (Phi) is 4.66. The zero-order valence-corrected chi connectivity index (χ0v) is 16.4. The molecule has 0 fully saturated rings. The van der Waals surface area contributed by atoms with Crippen molar-refractivity contribution in [2.75, 3.05) is 13.7 Å². The van der Waals surface area contributed by atoms with E-state index in [9.17, 15) is 9.59 Å². The van der Waals surface area contributed by atoms with Crippen molar-refractivity contribution < 1.29 is 9.53 Å². The normalized spacial score (nSPS) is 14.8. The van der Waals surface area contributed by atoms with Crippen LogP contribution in [0.25, 0.3) is 16.9 Å². The quantitative estimate of drug-likeness (QED) is 0.755. The van der Waals surface area contributed by atoms with Gasteiger partial charge >= 0.3 is 0 Å². The number of nitrogens with zero attached hydrogens (tertiary/aromatic N) is 3. The molecule has 1 aliphatic rings. The average molecular weight is 380 g/mol. The molecule has 7 heteroatoms. The van der Waals surface area contributed by atoms with Crippen LogP contribution in [0.1, 0.15) is 31.5 Å². The van der Waals surface area contributed by atoms with E-state index in [0.29, 0.717) is 30.7 Å². The number of aromatic nitrogens is 3. The number of rotatable bonds is 4. The summed E-state index contributed by atoms with van der Waals surface area (Å²) in [4.78, 5) is 32.1. The Bertz CT molecular complexity index is 1080. The van der Waals surface area contributed by atoms with Gasteiger partial charge in [0, 0.05) is 24.9 Å². The van der Waals surface area contributed by atoms with Gasteiger partial charge in [0.1, 0.15) is 5.75 Å². The van der Waals surface area contributed by atoms with Gasteiger partial charge in [-0.1, -0.05) is 13.8 Å². The second-order valence-corrected chi connectivity index (χ2v) is 7.25. The van der Waals surface area contributed by atoms with Gasteiger partial charge < -0.3 is 9.64 Å². The highest BCUT2D eigenvalue weighted by Gasteiger charge is 2.27. The van der Waals surface area contributed by atoms with Crippen LogP contribution < -0.4 is 10.3 Å². The Morgan fingerprint density at radius 3 is 2.75 bits per heavy atom. The molecule has 0 saturated heterocycles. The lowest BCUT2D eigenvalue weighted by atomic mass is 10.0. The van der Waals surface area contributed by atoms with E-state index in [1.165, 1.54) is 4.52 Å². The van der Waals surface area contributed by atoms with Crippen molar-refractivity contribution in [3.05, 3.63) is 51.9 Å². The maximum absolute atomic E-state index is 13.1. The van der Waals surface area contributed by atoms with Gasteiger partial charge in [-0.2, -0.15) is 0 Å². The fourth-order valence-electron chi connectivity index (χ4n) is 3.57. The van der Waals surface area contributed by atoms with E-state index in [-0.39, 0.29) is 17.4 Å². The molecule has 1 N–H and O–H groups in total. The highest BCUT2D eigenvalue weighted by Crippen LogP contribution is 2.23. The number of hydrogen-bond donors (Lipinski definition) is 1. The van der Waals surface area contributed by atoms with Crippen LogP contribution in [0.4, 0.5) is 0 Å². The first-order valence-electron chi connectivity index (χ1n) is 9.58. The van der Waals surface area contributed by atoms with Crippen molar-refractivity contribution in [3.63, 3.8) is 0 Å². The van der Waals surface area contributed by atoms with E-state index in [2.05, 4.69) is 10.1 Å². The minimum atomic E-state index is -0.138. The summed E-state index contributed by atoms with van der Waals surface area (Å²) in [5.41, 5.74) is 3.60. The molecule has 1 atom stereocenters. The molecule has 4 rings (SSSR count). The predicted octanol–water partition coefficient (Wildman–Crippen LogP) is 2.63. The standard InChI is InChI=1S/C21H24N4O3/c1-4-13(2)20(26)24-10-9-17-16(12-24)21(27)25-19(22-17)11-18(23-25)14-5-7-15(28-3)8-6-14/h5-8,11,13,23H,4,9-10,12H2,1-3H3. The molecule has 0 spiro atoms. The van der Waals surface area contributed by atoms with E-state index in [0.717, 1.165) is 29.1 Å². The van der Waals surface area contributed by atoms with Crippen LogP contribution in [-0.4, -0.2) is 39.1 Å². The number of carbonyl (C=O) groups excluding carboxylic acids is 1. The molecule has 1 aliphatic heterocycles. The van der Waals surface area contributed by atoms with Crippen LogP contribution in [0.2, 0.25) is 0 Å². The van der Waals surface area contributed by atoms with Crippen molar-refractivity contribution in [2.45, 2.75) is 33.2 Å². The largest absolute Gasteiger partial charge is 0.497 e. The first-order valence-corrected chi connectivity index (χ1v) is 9.58. The maximum Gasteiger partial charge on any atom is 0.277 e. The third-order valence-electron chi connectivity index (χ3n) is 5.51. The Morgan fingerprint density at radius 1 is 1.32 bits per heavy atom. The number of carbonyl (C=O) groups is 1. The van der Waals surface area contributed by atoms with Crippen molar-refractivity contribution in [3.8, 4) is 17.0 Å². The summed E-state index contributed by atoms with van der Waals surface area (Å²) in [6, 6.07) is 9.49. The molecule has 1 amide bonds. The summed E-state index contributed by atoms with van der Waals surface area (Å²) >= 11 is 0. The van der Waals surface area contributed by atoms with Gasteiger partial charge in [0.15, 0.2) is 5.65 Å². The number of amides is 1. The summed E-state index contributed by atoms with van der Waals surface area (Å²) in [6.07, 6.45) is 1.40. The maximum atomic E-state index is 13.1. The van der Waals surface area contributed by atoms with Gasteiger partial charge in [-0.25, -0.2) is 9.50 Å². The molecule has 28 heavy (non-hydrogen) atoms. The number of methoxy groups -OCH3 is 1. The molecule has 3 aromatic rings. The summed E-state index contributed by atoms with van der Waals surface area (Å²) in [5.74, 6) is 0.841. The van der Waals surface area contributed by atoms with Crippen LogP contribution in [0.3, 0.4) is 0 Å². The monoisotopic (exact) mass is 380 g/mol. The Morgan fingerprint density at radius 2 is 2.07 bits per heavy atom. The molecular weight excluding hydrogens is 356 g/mol. The minimum absolute atomic E-state index is 0.0341. The van der Waals surface area contributed by atoms with Crippen LogP contribution >= 0.6 is 0 Å². The second kappa shape index (κ2) is 7.14. The van der Waals surface area contributed by atoms with Gasteiger partial charge in [-0.05, 0) is 36.2 Å². The van der Waals surface area contributed by atoms with Crippen LogP contribution in [0, 0.1) is 5.92 Å². The lowest BCUT2D eigenvalue weighted by Crippen LogP contribution is -2.42. The number of aromatic amines is 1. The summed E-state index contributed by atoms with van der Waals surface area (Å²) in [5, 5.41) is 3.14. The third-order valence-corrected chi connectivity index (χ3v) is 5.51. The molecule has 0 saturated carbocycles. The highest BCUT2D eigenvalue weighted by molar-refractivity contribution is 5.78. The molecule has 7 nitrogen and oxygen atoms in total. The molecule has 0 radical (unpaired) electrons. The molecule has 1 aromatic carbocycles. The Labute approximate surface area is 162 Å². The molecule has 1 unspecified atom stereocenters. The van der Waals surface area contributed by atoms with E-state index in [4.69, 9.17) is 4.74 Å². The summed E-state index contributed by atoms with van der Waals surface area (Å²) in [6.45, 7) is 4.86. The van der Waals surface area contributed by atoms with E-state index >= 15 is 0 Å². The first-order chi connectivity index (χ1) is 13.5. The second-order valence-electron chi connectivity index (χ2n) is 7.25. The lowest BCUT2D eigenvalue weighted by molar-refractivity contribution is -0.136. The third kappa shape index (κ3) is 3.06. The molecule has 0 aliphatic carbocycles. The van der Waals surface area contributed by atoms with Gasteiger partial charge in [0.25, 0.3) is 5.56 Å². The molecule has 0 bridgehead atoms. The Balaban J connectivity index is 1.71. The first kappa shape index (κ1) is 18.3. The number of hydrogen-bond acceptors (Lipinski definition) is 4.